The van der Waals surface area contributed by atoms with Gasteiger partial charge in [-0.25, -0.2) is 0 Å². The maximum absolute atomic E-state index is 12.5. The van der Waals surface area contributed by atoms with Crippen molar-refractivity contribution in [1.82, 2.24) is 0 Å². The lowest BCUT2D eigenvalue weighted by Gasteiger charge is -2.08. The number of fused-ring (bicyclic) bond motifs is 1. The molecule has 4 heteroatoms. The molecule has 0 atom stereocenters. The number of ketones is 1. The Hall–Kier alpha value is -2.26. The van der Waals surface area contributed by atoms with Crippen molar-refractivity contribution in [3.8, 4) is 11.5 Å². The first-order chi connectivity index (χ1) is 10.6. The van der Waals surface area contributed by atoms with Gasteiger partial charge < -0.3 is 9.47 Å². The number of carbonyl (C=O) groups is 1. The van der Waals surface area contributed by atoms with Crippen molar-refractivity contribution in [1.29, 1.82) is 0 Å². The number of Topliss-reactive ketones (excluding diaryl/α,β-unsaturated/α-hetero) is 1. The number of carbonyl (C=O) groups excluding carboxylic acids is 1. The molecule has 0 aliphatic heterocycles. The number of allylic oxidation sites excluding steroid dienone is 1. The summed E-state index contributed by atoms with van der Waals surface area (Å²) in [6.45, 7) is 0. The molecular weight excluding hydrogens is 300 g/mol. The number of rotatable bonds is 3. The summed E-state index contributed by atoms with van der Waals surface area (Å²) in [5, 5.41) is 0.631. The molecule has 2 aromatic carbocycles. The quantitative estimate of drug-likeness (QED) is 0.797. The fourth-order valence-electron chi connectivity index (χ4n) is 2.65. The highest BCUT2D eigenvalue weighted by Crippen LogP contribution is 2.34. The van der Waals surface area contributed by atoms with E-state index in [4.69, 9.17) is 21.1 Å². The lowest BCUT2D eigenvalue weighted by atomic mass is 10.1. The molecule has 0 saturated carbocycles. The molecule has 0 spiro atoms. The van der Waals surface area contributed by atoms with Gasteiger partial charge in [0.25, 0.3) is 0 Å². The van der Waals surface area contributed by atoms with Gasteiger partial charge in [-0.05, 0) is 35.9 Å². The Morgan fingerprint density at radius 3 is 2.64 bits per heavy atom. The second-order valence-electron chi connectivity index (χ2n) is 5.05. The summed E-state index contributed by atoms with van der Waals surface area (Å²) in [4.78, 5) is 12.5. The van der Waals surface area contributed by atoms with E-state index in [-0.39, 0.29) is 5.78 Å². The van der Waals surface area contributed by atoms with E-state index in [0.29, 0.717) is 34.1 Å². The van der Waals surface area contributed by atoms with Crippen LogP contribution in [0.5, 0.6) is 11.5 Å². The first kappa shape index (κ1) is 14.7. The minimum atomic E-state index is 0.0161. The summed E-state index contributed by atoms with van der Waals surface area (Å²) in [6, 6.07) is 10.9. The van der Waals surface area contributed by atoms with Crippen LogP contribution >= 0.6 is 11.6 Å². The Balaban J connectivity index is 2.05. The minimum absolute atomic E-state index is 0.0161. The molecule has 1 aliphatic rings. The van der Waals surface area contributed by atoms with E-state index in [1.165, 1.54) is 0 Å². The molecule has 0 saturated heterocycles. The molecule has 3 rings (SSSR count). The third kappa shape index (κ3) is 2.48. The van der Waals surface area contributed by atoms with E-state index in [1.807, 2.05) is 36.4 Å². The van der Waals surface area contributed by atoms with Gasteiger partial charge in [0.1, 0.15) is 11.5 Å². The molecule has 0 heterocycles. The summed E-state index contributed by atoms with van der Waals surface area (Å²) in [6.07, 6.45) is 2.38. The minimum Gasteiger partial charge on any atom is -0.497 e. The van der Waals surface area contributed by atoms with Crippen LogP contribution < -0.4 is 9.47 Å². The number of methoxy groups -OCH3 is 2. The predicted molar refractivity (Wildman–Crippen MR) is 87.0 cm³/mol. The Morgan fingerprint density at radius 2 is 1.95 bits per heavy atom. The molecule has 0 radical (unpaired) electrons. The van der Waals surface area contributed by atoms with Gasteiger partial charge in [0, 0.05) is 28.1 Å². The van der Waals surface area contributed by atoms with E-state index in [0.717, 1.165) is 11.1 Å². The highest BCUT2D eigenvalue weighted by atomic mass is 35.5. The predicted octanol–water partition coefficient (Wildman–Crippen LogP) is 4.18. The molecule has 1 aliphatic carbocycles. The highest BCUT2D eigenvalue weighted by Gasteiger charge is 2.26. The summed E-state index contributed by atoms with van der Waals surface area (Å²) in [5.41, 5.74) is 3.09. The van der Waals surface area contributed by atoms with E-state index in [2.05, 4.69) is 0 Å². The summed E-state index contributed by atoms with van der Waals surface area (Å²) in [5.74, 6) is 1.43. The first-order valence-electron chi connectivity index (χ1n) is 6.88. The highest BCUT2D eigenvalue weighted by molar-refractivity contribution is 6.33. The van der Waals surface area contributed by atoms with E-state index in [9.17, 15) is 4.79 Å². The van der Waals surface area contributed by atoms with Gasteiger partial charge in [0.15, 0.2) is 5.78 Å². The largest absolute Gasteiger partial charge is 0.497 e. The summed E-state index contributed by atoms with van der Waals surface area (Å²) in [7, 11) is 3.21. The number of ether oxygens (including phenoxy) is 2. The SMILES string of the molecule is COc1ccc(OC)c(/C=C2\Cc3c(Cl)cccc3C2=O)c1. The topological polar surface area (TPSA) is 35.5 Å². The van der Waals surface area contributed by atoms with E-state index >= 15 is 0 Å². The molecule has 0 fully saturated rings. The Morgan fingerprint density at radius 1 is 1.14 bits per heavy atom. The normalized spacial score (nSPS) is 15.0. The Kier molecular flexibility index (Phi) is 3.90. The second kappa shape index (κ2) is 5.85. The van der Waals surface area contributed by atoms with Crippen LogP contribution in [0.25, 0.3) is 6.08 Å². The van der Waals surface area contributed by atoms with Crippen LogP contribution in [-0.4, -0.2) is 20.0 Å². The molecule has 2 aromatic rings. The van der Waals surface area contributed by atoms with Crippen LogP contribution in [-0.2, 0) is 6.42 Å². The maximum atomic E-state index is 12.5. The number of halogens is 1. The van der Waals surface area contributed by atoms with Crippen LogP contribution in [0.15, 0.2) is 42.0 Å². The fourth-order valence-corrected chi connectivity index (χ4v) is 2.89. The van der Waals surface area contributed by atoms with Crippen molar-refractivity contribution >= 4 is 23.5 Å². The second-order valence-corrected chi connectivity index (χ2v) is 5.46. The van der Waals surface area contributed by atoms with E-state index in [1.54, 1.807) is 20.3 Å². The van der Waals surface area contributed by atoms with Crippen LogP contribution in [0.2, 0.25) is 5.02 Å². The molecule has 112 valence electrons. The van der Waals surface area contributed by atoms with Crippen LogP contribution in [0.1, 0.15) is 21.5 Å². The average Bonchev–Trinajstić information content (AvgIpc) is 2.85. The van der Waals surface area contributed by atoms with Crippen molar-refractivity contribution in [2.45, 2.75) is 6.42 Å². The lowest BCUT2D eigenvalue weighted by Crippen LogP contribution is -1.96. The van der Waals surface area contributed by atoms with Crippen molar-refractivity contribution in [2.75, 3.05) is 14.2 Å². The first-order valence-corrected chi connectivity index (χ1v) is 7.26. The van der Waals surface area contributed by atoms with Crippen LogP contribution in [0, 0.1) is 0 Å². The molecule has 0 bridgehead atoms. The van der Waals surface area contributed by atoms with Crippen molar-refractivity contribution in [3.63, 3.8) is 0 Å². The molecule has 0 aromatic heterocycles. The third-order valence-electron chi connectivity index (χ3n) is 3.79. The van der Waals surface area contributed by atoms with Gasteiger partial charge in [0.05, 0.1) is 14.2 Å². The molecule has 0 amide bonds. The smallest absolute Gasteiger partial charge is 0.189 e. The van der Waals surface area contributed by atoms with Gasteiger partial charge in [-0.3, -0.25) is 4.79 Å². The third-order valence-corrected chi connectivity index (χ3v) is 4.14. The lowest BCUT2D eigenvalue weighted by molar-refractivity contribution is 0.104. The van der Waals surface area contributed by atoms with Gasteiger partial charge >= 0.3 is 0 Å². The van der Waals surface area contributed by atoms with Crippen molar-refractivity contribution < 1.29 is 14.3 Å². The fraction of sp³-hybridized carbons (Fsp3) is 0.167. The standard InChI is InChI=1S/C18H15ClO3/c1-21-13-6-7-17(22-2)11(9-13)8-12-10-15-14(18(12)20)4-3-5-16(15)19/h3-9H,10H2,1-2H3/b12-8+. The molecular formula is C18H15ClO3. The number of benzene rings is 2. The number of hydrogen-bond donors (Lipinski definition) is 0. The Labute approximate surface area is 134 Å². The van der Waals surface area contributed by atoms with Gasteiger partial charge in [-0.15, -0.1) is 0 Å². The van der Waals surface area contributed by atoms with Crippen LogP contribution in [0.3, 0.4) is 0 Å². The zero-order chi connectivity index (χ0) is 15.7. The van der Waals surface area contributed by atoms with Gasteiger partial charge in [0.2, 0.25) is 0 Å². The number of hydrogen-bond acceptors (Lipinski definition) is 3. The average molecular weight is 315 g/mol. The maximum Gasteiger partial charge on any atom is 0.189 e. The zero-order valence-corrected chi connectivity index (χ0v) is 13.1. The van der Waals surface area contributed by atoms with Crippen molar-refractivity contribution in [3.05, 3.63) is 63.7 Å². The van der Waals surface area contributed by atoms with Gasteiger partial charge in [-0.1, -0.05) is 23.7 Å². The molecule has 0 N–H and O–H groups in total. The Bertz CT molecular complexity index is 778. The van der Waals surface area contributed by atoms with Crippen LogP contribution in [0.4, 0.5) is 0 Å². The van der Waals surface area contributed by atoms with Gasteiger partial charge in [-0.2, -0.15) is 0 Å². The van der Waals surface area contributed by atoms with Crippen molar-refractivity contribution in [2.24, 2.45) is 0 Å². The molecule has 22 heavy (non-hydrogen) atoms. The zero-order valence-electron chi connectivity index (χ0n) is 12.4. The molecule has 3 nitrogen and oxygen atoms in total. The summed E-state index contributed by atoms with van der Waals surface area (Å²) < 4.78 is 10.6. The molecule has 0 unspecified atom stereocenters. The monoisotopic (exact) mass is 314 g/mol. The van der Waals surface area contributed by atoms with E-state index < -0.39 is 0 Å². The summed E-state index contributed by atoms with van der Waals surface area (Å²) >= 11 is 6.19.